The van der Waals surface area contributed by atoms with Crippen LogP contribution in [-0.4, -0.2) is 25.6 Å². The number of hydrogen-bond donors (Lipinski definition) is 2. The zero-order chi connectivity index (χ0) is 17.9. The van der Waals surface area contributed by atoms with E-state index in [0.29, 0.717) is 0 Å². The molecule has 23 heavy (non-hydrogen) atoms. The normalized spacial score (nSPS) is 12.6. The molecule has 1 rings (SSSR count). The summed E-state index contributed by atoms with van der Waals surface area (Å²) in [5.41, 5.74) is -6.28. The smallest absolute Gasteiger partial charge is 0.444 e. The van der Waals surface area contributed by atoms with Gasteiger partial charge >= 0.3 is 21.6 Å². The van der Waals surface area contributed by atoms with Gasteiger partial charge in [0.2, 0.25) is 0 Å². The van der Waals surface area contributed by atoms with E-state index in [1.165, 1.54) is 22.9 Å². The molecule has 0 saturated heterocycles. The first-order valence-electron chi connectivity index (χ1n) is 6.46. The lowest BCUT2D eigenvalue weighted by Gasteiger charge is -2.20. The Kier molecular flexibility index (Phi) is 5.51. The molecular weight excluding hydrogens is 337 g/mol. The standard InChI is InChI=1S/C13H17F3N2O4S/c1-12(2,3)22-11(19)17-8-9-6-4-5-7-10(9)18-23(20,21)13(14,15)16/h4-7,18H,8H2,1-3H3,(H,17,19). The first kappa shape index (κ1) is 19.1. The fraction of sp³-hybridized carbons (Fsp3) is 0.462. The molecule has 0 aliphatic heterocycles. The first-order valence-corrected chi connectivity index (χ1v) is 7.94. The van der Waals surface area contributed by atoms with Crippen LogP contribution in [0.3, 0.4) is 0 Å². The molecule has 1 aromatic carbocycles. The third-order valence-corrected chi connectivity index (χ3v) is 3.49. The molecule has 0 radical (unpaired) electrons. The fourth-order valence-electron chi connectivity index (χ4n) is 1.46. The van der Waals surface area contributed by atoms with E-state index < -0.39 is 27.2 Å². The molecule has 0 saturated carbocycles. The van der Waals surface area contributed by atoms with Crippen LogP contribution < -0.4 is 10.0 Å². The number of para-hydroxylation sites is 1. The molecule has 1 aromatic rings. The van der Waals surface area contributed by atoms with Gasteiger partial charge in [0.15, 0.2) is 0 Å². The van der Waals surface area contributed by atoms with E-state index in [0.717, 1.165) is 6.07 Å². The van der Waals surface area contributed by atoms with Gasteiger partial charge in [-0.3, -0.25) is 4.72 Å². The van der Waals surface area contributed by atoms with Gasteiger partial charge in [0.05, 0.1) is 5.69 Å². The van der Waals surface area contributed by atoms with Crippen LogP contribution in [0.5, 0.6) is 0 Å². The summed E-state index contributed by atoms with van der Waals surface area (Å²) in [7, 11) is -5.53. The van der Waals surface area contributed by atoms with Crippen molar-refractivity contribution in [1.82, 2.24) is 5.32 Å². The van der Waals surface area contributed by atoms with E-state index in [9.17, 15) is 26.4 Å². The fourth-order valence-corrected chi connectivity index (χ4v) is 2.06. The Morgan fingerprint density at radius 1 is 1.17 bits per heavy atom. The van der Waals surface area contributed by atoms with E-state index in [1.54, 1.807) is 20.8 Å². The number of anilines is 1. The molecule has 0 aliphatic carbocycles. The number of halogens is 3. The number of nitrogens with one attached hydrogen (secondary N) is 2. The number of alkyl carbamates (subject to hydrolysis) is 1. The number of hydrogen-bond acceptors (Lipinski definition) is 4. The lowest BCUT2D eigenvalue weighted by Crippen LogP contribution is -2.33. The van der Waals surface area contributed by atoms with Crippen molar-refractivity contribution < 1.29 is 31.1 Å². The number of carbonyl (C=O) groups is 1. The van der Waals surface area contributed by atoms with Gasteiger partial charge in [-0.1, -0.05) is 18.2 Å². The average Bonchev–Trinajstić information content (AvgIpc) is 2.34. The number of carbonyl (C=O) groups excluding carboxylic acids is 1. The number of amides is 1. The molecule has 2 N–H and O–H groups in total. The second-order valence-corrected chi connectivity index (χ2v) is 7.24. The van der Waals surface area contributed by atoms with E-state index in [2.05, 4.69) is 5.32 Å². The van der Waals surface area contributed by atoms with Crippen molar-refractivity contribution in [2.75, 3.05) is 4.72 Å². The minimum absolute atomic E-state index is 0.159. The van der Waals surface area contributed by atoms with Crippen LogP contribution in [0.2, 0.25) is 0 Å². The van der Waals surface area contributed by atoms with Crippen LogP contribution in [0.4, 0.5) is 23.7 Å². The van der Waals surface area contributed by atoms with Crippen molar-refractivity contribution in [3.05, 3.63) is 29.8 Å². The maximum atomic E-state index is 12.4. The summed E-state index contributed by atoms with van der Waals surface area (Å²) in [6, 6.07) is 5.41. The minimum Gasteiger partial charge on any atom is -0.444 e. The molecule has 10 heteroatoms. The summed E-state index contributed by atoms with van der Waals surface area (Å²) >= 11 is 0. The van der Waals surface area contributed by atoms with Crippen molar-refractivity contribution in [1.29, 1.82) is 0 Å². The molecule has 0 bridgehead atoms. The summed E-state index contributed by atoms with van der Waals surface area (Å²) in [5, 5.41) is 2.34. The summed E-state index contributed by atoms with van der Waals surface area (Å²) in [5.74, 6) is 0. The van der Waals surface area contributed by atoms with Gasteiger partial charge in [0.1, 0.15) is 5.60 Å². The van der Waals surface area contributed by atoms with E-state index in [1.807, 2.05) is 0 Å². The Morgan fingerprint density at radius 2 is 1.74 bits per heavy atom. The summed E-state index contributed by atoms with van der Waals surface area (Å²) in [4.78, 5) is 11.5. The van der Waals surface area contributed by atoms with Gasteiger partial charge in [-0.2, -0.15) is 21.6 Å². The predicted molar refractivity (Wildman–Crippen MR) is 78.1 cm³/mol. The molecule has 130 valence electrons. The van der Waals surface area contributed by atoms with E-state index >= 15 is 0 Å². The average molecular weight is 354 g/mol. The molecule has 0 atom stereocenters. The second kappa shape index (κ2) is 6.65. The van der Waals surface area contributed by atoms with Gasteiger partial charge < -0.3 is 10.1 Å². The third-order valence-electron chi connectivity index (χ3n) is 2.39. The zero-order valence-electron chi connectivity index (χ0n) is 12.7. The van der Waals surface area contributed by atoms with Crippen molar-refractivity contribution >= 4 is 21.8 Å². The first-order chi connectivity index (χ1) is 10.3. The lowest BCUT2D eigenvalue weighted by molar-refractivity contribution is -0.0429. The van der Waals surface area contributed by atoms with Gasteiger partial charge in [-0.15, -0.1) is 0 Å². The van der Waals surface area contributed by atoms with E-state index in [4.69, 9.17) is 4.74 Å². The van der Waals surface area contributed by atoms with Crippen LogP contribution in [0.1, 0.15) is 26.3 Å². The Bertz CT molecular complexity index is 667. The van der Waals surface area contributed by atoms with Crippen LogP contribution in [0, 0.1) is 0 Å². The predicted octanol–water partition coefficient (Wildman–Crippen LogP) is 2.97. The third kappa shape index (κ3) is 5.97. The maximum Gasteiger partial charge on any atom is 0.516 e. The van der Waals surface area contributed by atoms with Crippen LogP contribution in [0.25, 0.3) is 0 Å². The second-order valence-electron chi connectivity index (χ2n) is 5.56. The van der Waals surface area contributed by atoms with Crippen molar-refractivity contribution in [2.24, 2.45) is 0 Å². The highest BCUT2D eigenvalue weighted by atomic mass is 32.2. The number of benzene rings is 1. The van der Waals surface area contributed by atoms with Crippen molar-refractivity contribution in [2.45, 2.75) is 38.4 Å². The molecule has 0 aliphatic rings. The highest BCUT2D eigenvalue weighted by molar-refractivity contribution is 7.93. The molecule has 1 amide bonds. The maximum absolute atomic E-state index is 12.4. The quantitative estimate of drug-likeness (QED) is 0.871. The van der Waals surface area contributed by atoms with Gasteiger partial charge in [0, 0.05) is 6.54 Å². The van der Waals surface area contributed by atoms with Crippen LogP contribution in [-0.2, 0) is 21.3 Å². The highest BCUT2D eigenvalue weighted by Crippen LogP contribution is 2.26. The molecule has 0 aromatic heterocycles. The lowest BCUT2D eigenvalue weighted by atomic mass is 10.2. The highest BCUT2D eigenvalue weighted by Gasteiger charge is 2.46. The largest absolute Gasteiger partial charge is 0.516 e. The van der Waals surface area contributed by atoms with Crippen molar-refractivity contribution in [3.8, 4) is 0 Å². The molecule has 0 heterocycles. The van der Waals surface area contributed by atoms with Crippen LogP contribution >= 0.6 is 0 Å². The Hall–Kier alpha value is -1.97. The van der Waals surface area contributed by atoms with Gasteiger partial charge in [0.25, 0.3) is 0 Å². The Morgan fingerprint density at radius 3 is 2.26 bits per heavy atom. The SMILES string of the molecule is CC(C)(C)OC(=O)NCc1ccccc1NS(=O)(=O)C(F)(F)F. The topological polar surface area (TPSA) is 84.5 Å². The summed E-state index contributed by atoms with van der Waals surface area (Å²) < 4.78 is 66.0. The summed E-state index contributed by atoms with van der Waals surface area (Å²) in [6.07, 6.45) is -0.772. The Labute approximate surface area is 132 Å². The molecule has 0 spiro atoms. The van der Waals surface area contributed by atoms with Gasteiger partial charge in [-0.05, 0) is 32.4 Å². The monoisotopic (exact) mass is 354 g/mol. The Balaban J connectivity index is 2.85. The number of rotatable bonds is 4. The van der Waals surface area contributed by atoms with Gasteiger partial charge in [-0.25, -0.2) is 4.79 Å². The molecular formula is C13H17F3N2O4S. The number of ether oxygens (including phenoxy) is 1. The summed E-state index contributed by atoms with van der Waals surface area (Å²) in [6.45, 7) is 4.75. The zero-order valence-corrected chi connectivity index (χ0v) is 13.5. The molecule has 6 nitrogen and oxygen atoms in total. The number of alkyl halides is 3. The number of sulfonamides is 1. The van der Waals surface area contributed by atoms with Crippen LogP contribution in [0.15, 0.2) is 24.3 Å². The minimum atomic E-state index is -5.53. The van der Waals surface area contributed by atoms with E-state index in [-0.39, 0.29) is 17.8 Å². The van der Waals surface area contributed by atoms with Crippen molar-refractivity contribution in [3.63, 3.8) is 0 Å². The molecule has 0 unspecified atom stereocenters. The molecule has 0 fully saturated rings.